The van der Waals surface area contributed by atoms with Gasteiger partial charge in [-0.3, -0.25) is 4.39 Å². The molecule has 1 aromatic carbocycles. The number of rotatable bonds is 5. The molecule has 0 spiro atoms. The Morgan fingerprint density at radius 2 is 2.25 bits per heavy atom. The fourth-order valence-electron chi connectivity index (χ4n) is 1.34. The molecule has 1 rings (SSSR count). The molecule has 16 heavy (non-hydrogen) atoms. The summed E-state index contributed by atoms with van der Waals surface area (Å²) >= 11 is 0. The van der Waals surface area contributed by atoms with Crippen molar-refractivity contribution in [3.05, 3.63) is 29.3 Å². The van der Waals surface area contributed by atoms with Crippen LogP contribution in [0.15, 0.2) is 23.4 Å². The van der Waals surface area contributed by atoms with Crippen LogP contribution in [-0.2, 0) is 0 Å². The van der Waals surface area contributed by atoms with Crippen molar-refractivity contribution < 1.29 is 14.3 Å². The number of halogens is 1. The van der Waals surface area contributed by atoms with E-state index in [1.807, 2.05) is 25.1 Å². The van der Waals surface area contributed by atoms with Crippen molar-refractivity contribution in [2.45, 2.75) is 20.3 Å². The zero-order valence-corrected chi connectivity index (χ0v) is 9.53. The summed E-state index contributed by atoms with van der Waals surface area (Å²) < 4.78 is 17.4. The lowest BCUT2D eigenvalue weighted by molar-refractivity contribution is 0.288. The zero-order chi connectivity index (χ0) is 12.0. The highest BCUT2D eigenvalue weighted by Crippen LogP contribution is 2.21. The van der Waals surface area contributed by atoms with Crippen molar-refractivity contribution in [3.8, 4) is 5.75 Å². The zero-order valence-electron chi connectivity index (χ0n) is 9.53. The van der Waals surface area contributed by atoms with E-state index in [1.54, 1.807) is 6.92 Å². The molecule has 0 aliphatic heterocycles. The summed E-state index contributed by atoms with van der Waals surface area (Å²) in [5, 5.41) is 11.9. The Morgan fingerprint density at radius 3 is 2.88 bits per heavy atom. The molecule has 1 aromatic rings. The maximum atomic E-state index is 12.0. The molecule has 0 saturated heterocycles. The van der Waals surface area contributed by atoms with Gasteiger partial charge in [0.25, 0.3) is 0 Å². The average Bonchev–Trinajstić information content (AvgIpc) is 2.29. The highest BCUT2D eigenvalue weighted by molar-refractivity contribution is 6.00. The van der Waals surface area contributed by atoms with Crippen LogP contribution in [0.5, 0.6) is 5.75 Å². The van der Waals surface area contributed by atoms with Gasteiger partial charge in [0.1, 0.15) is 5.75 Å². The van der Waals surface area contributed by atoms with Crippen LogP contribution in [0.2, 0.25) is 0 Å². The lowest BCUT2D eigenvalue weighted by Gasteiger charge is -2.11. The normalized spacial score (nSPS) is 11.6. The SMILES string of the molecule is C/C(=N/O)c1ccc(C)cc1OCCCF. The smallest absolute Gasteiger partial charge is 0.128 e. The molecule has 0 radical (unpaired) electrons. The van der Waals surface area contributed by atoms with Gasteiger partial charge in [0.05, 0.1) is 19.0 Å². The van der Waals surface area contributed by atoms with E-state index < -0.39 is 6.67 Å². The van der Waals surface area contributed by atoms with Crippen molar-refractivity contribution in [3.63, 3.8) is 0 Å². The van der Waals surface area contributed by atoms with Crippen LogP contribution in [-0.4, -0.2) is 24.2 Å². The van der Waals surface area contributed by atoms with Gasteiger partial charge >= 0.3 is 0 Å². The van der Waals surface area contributed by atoms with Crippen molar-refractivity contribution in [2.75, 3.05) is 13.3 Å². The summed E-state index contributed by atoms with van der Waals surface area (Å²) in [5.74, 6) is 0.628. The summed E-state index contributed by atoms with van der Waals surface area (Å²) in [4.78, 5) is 0. The Balaban J connectivity index is 2.90. The summed E-state index contributed by atoms with van der Waals surface area (Å²) in [6.45, 7) is 3.56. The number of hydrogen-bond acceptors (Lipinski definition) is 3. The molecule has 0 saturated carbocycles. The topological polar surface area (TPSA) is 41.8 Å². The van der Waals surface area contributed by atoms with Gasteiger partial charge in [-0.25, -0.2) is 0 Å². The molecule has 0 fully saturated rings. The molecule has 1 N–H and O–H groups in total. The van der Waals surface area contributed by atoms with Crippen molar-refractivity contribution in [2.24, 2.45) is 5.16 Å². The minimum Gasteiger partial charge on any atom is -0.493 e. The van der Waals surface area contributed by atoms with Gasteiger partial charge in [-0.2, -0.15) is 0 Å². The van der Waals surface area contributed by atoms with Crippen LogP contribution in [0.25, 0.3) is 0 Å². The fourth-order valence-corrected chi connectivity index (χ4v) is 1.34. The van der Waals surface area contributed by atoms with Gasteiger partial charge in [-0.15, -0.1) is 0 Å². The molecule has 0 bridgehead atoms. The second kappa shape index (κ2) is 6.10. The molecule has 0 aliphatic carbocycles. The number of hydrogen-bond donors (Lipinski definition) is 1. The quantitative estimate of drug-likeness (QED) is 0.362. The second-order valence-corrected chi connectivity index (χ2v) is 3.58. The van der Waals surface area contributed by atoms with Gasteiger partial charge in [0, 0.05) is 12.0 Å². The first-order chi connectivity index (χ1) is 7.69. The van der Waals surface area contributed by atoms with Gasteiger partial charge < -0.3 is 9.94 Å². The lowest BCUT2D eigenvalue weighted by Crippen LogP contribution is -2.04. The maximum absolute atomic E-state index is 12.0. The Kier molecular flexibility index (Phi) is 4.76. The molecular weight excluding hydrogens is 209 g/mol. The minimum atomic E-state index is -0.395. The van der Waals surface area contributed by atoms with E-state index in [2.05, 4.69) is 5.16 Å². The average molecular weight is 225 g/mol. The fraction of sp³-hybridized carbons (Fsp3) is 0.417. The van der Waals surface area contributed by atoms with Crippen LogP contribution >= 0.6 is 0 Å². The number of ether oxygens (including phenoxy) is 1. The molecule has 4 heteroatoms. The van der Waals surface area contributed by atoms with Crippen LogP contribution < -0.4 is 4.74 Å². The molecule has 0 aromatic heterocycles. The van der Waals surface area contributed by atoms with Gasteiger partial charge in [0.2, 0.25) is 0 Å². The molecule has 0 heterocycles. The van der Waals surface area contributed by atoms with Crippen LogP contribution in [0.3, 0.4) is 0 Å². The van der Waals surface area contributed by atoms with E-state index in [1.165, 1.54) is 0 Å². The van der Waals surface area contributed by atoms with E-state index in [0.29, 0.717) is 24.5 Å². The molecule has 0 atom stereocenters. The van der Waals surface area contributed by atoms with Crippen molar-refractivity contribution >= 4 is 5.71 Å². The Morgan fingerprint density at radius 1 is 1.50 bits per heavy atom. The largest absolute Gasteiger partial charge is 0.493 e. The monoisotopic (exact) mass is 225 g/mol. The first kappa shape index (κ1) is 12.5. The van der Waals surface area contributed by atoms with Gasteiger partial charge in [-0.05, 0) is 31.5 Å². The minimum absolute atomic E-state index is 0.325. The highest BCUT2D eigenvalue weighted by Gasteiger charge is 2.07. The number of oxime groups is 1. The number of benzene rings is 1. The molecule has 0 aliphatic rings. The molecule has 0 amide bonds. The third-order valence-electron chi connectivity index (χ3n) is 2.21. The number of aryl methyl sites for hydroxylation is 1. The van der Waals surface area contributed by atoms with Crippen molar-refractivity contribution in [1.29, 1.82) is 0 Å². The summed E-state index contributed by atoms with van der Waals surface area (Å²) in [5.41, 5.74) is 2.26. The molecule has 3 nitrogen and oxygen atoms in total. The number of alkyl halides is 1. The van der Waals surface area contributed by atoms with E-state index in [0.717, 1.165) is 11.1 Å². The van der Waals surface area contributed by atoms with Crippen molar-refractivity contribution in [1.82, 2.24) is 0 Å². The maximum Gasteiger partial charge on any atom is 0.128 e. The first-order valence-corrected chi connectivity index (χ1v) is 5.17. The van der Waals surface area contributed by atoms with Crippen LogP contribution in [0.4, 0.5) is 4.39 Å². The predicted octanol–water partition coefficient (Wildman–Crippen LogP) is 2.93. The Labute approximate surface area is 94.5 Å². The summed E-state index contributed by atoms with van der Waals surface area (Å²) in [6, 6.07) is 5.59. The predicted molar refractivity (Wildman–Crippen MR) is 61.3 cm³/mol. The highest BCUT2D eigenvalue weighted by atomic mass is 19.1. The van der Waals surface area contributed by atoms with Gasteiger partial charge in [-0.1, -0.05) is 11.2 Å². The van der Waals surface area contributed by atoms with E-state index in [4.69, 9.17) is 9.94 Å². The summed E-state index contributed by atoms with van der Waals surface area (Å²) in [6.07, 6.45) is 0.364. The van der Waals surface area contributed by atoms with E-state index in [-0.39, 0.29) is 0 Å². The lowest BCUT2D eigenvalue weighted by atomic mass is 10.1. The molecule has 0 unspecified atom stereocenters. The Hall–Kier alpha value is -1.58. The second-order valence-electron chi connectivity index (χ2n) is 3.58. The third kappa shape index (κ3) is 3.22. The van der Waals surface area contributed by atoms with Crippen LogP contribution in [0.1, 0.15) is 24.5 Å². The van der Waals surface area contributed by atoms with E-state index in [9.17, 15) is 4.39 Å². The van der Waals surface area contributed by atoms with Gasteiger partial charge in [0.15, 0.2) is 0 Å². The third-order valence-corrected chi connectivity index (χ3v) is 2.21. The number of nitrogens with zero attached hydrogens (tertiary/aromatic N) is 1. The Bertz CT molecular complexity index is 377. The summed E-state index contributed by atoms with van der Waals surface area (Å²) in [7, 11) is 0. The first-order valence-electron chi connectivity index (χ1n) is 5.17. The van der Waals surface area contributed by atoms with Crippen LogP contribution in [0, 0.1) is 6.92 Å². The van der Waals surface area contributed by atoms with E-state index >= 15 is 0 Å². The standard InChI is InChI=1S/C12H16FNO2/c1-9-4-5-11(10(2)14-15)12(8-9)16-7-3-6-13/h4-5,8,15H,3,6-7H2,1-2H3/b14-10-. The molecular formula is C12H16FNO2. The molecule has 88 valence electrons.